The number of carboxylic acid groups (broad SMARTS) is 1. The predicted octanol–water partition coefficient (Wildman–Crippen LogP) is 0.706. The monoisotopic (exact) mass is 943 g/mol. The largest absolute Gasteiger partial charge is 0.481 e. The molecule has 0 bridgehead atoms. The van der Waals surface area contributed by atoms with Crippen LogP contribution in [0.2, 0.25) is 0 Å². The molecule has 378 valence electrons. The Morgan fingerprint density at radius 3 is 1.88 bits per heavy atom. The van der Waals surface area contributed by atoms with E-state index in [4.69, 9.17) is 28.4 Å². The van der Waals surface area contributed by atoms with Crippen LogP contribution in [0.25, 0.3) is 0 Å². The molecule has 11 N–H and O–H groups in total. The van der Waals surface area contributed by atoms with Crippen LogP contribution >= 0.6 is 0 Å². The summed E-state index contributed by atoms with van der Waals surface area (Å²) in [5, 5.41) is 119. The van der Waals surface area contributed by atoms with Crippen LogP contribution in [0.4, 0.5) is 0 Å². The van der Waals surface area contributed by atoms with Crippen molar-refractivity contribution in [1.29, 1.82) is 0 Å². The smallest absolute Gasteiger partial charge is 0.310 e. The van der Waals surface area contributed by atoms with Crippen molar-refractivity contribution >= 4 is 5.97 Å². The third kappa shape index (κ3) is 7.78. The summed E-state index contributed by atoms with van der Waals surface area (Å²) in [6, 6.07) is 0. The zero-order valence-electron chi connectivity index (χ0n) is 39.5. The highest BCUT2D eigenvalue weighted by molar-refractivity contribution is 5.76. The van der Waals surface area contributed by atoms with Gasteiger partial charge in [-0.2, -0.15) is 0 Å². The Morgan fingerprint density at radius 1 is 0.652 bits per heavy atom. The fraction of sp³-hybridized carbons (Fsp3) is 0.938. The number of aliphatic hydroxyl groups excluding tert-OH is 10. The summed E-state index contributed by atoms with van der Waals surface area (Å²) in [4.78, 5) is 13.2. The van der Waals surface area contributed by atoms with Crippen LogP contribution in [-0.2, 0) is 33.2 Å². The van der Waals surface area contributed by atoms with E-state index in [1.807, 2.05) is 6.92 Å². The molecular weight excluding hydrogens is 865 g/mol. The Balaban J connectivity index is 1.11. The first-order valence-electron chi connectivity index (χ1n) is 24.3. The normalized spacial score (nSPS) is 54.8. The SMILES string of the molecule is C[C@@H]1O[C@@H](O[C@H]2[C@H](O[C@H]3CC[C@@]4(C)[C@@H](CC[C@]5(C)[C@@H]4CC=C4[C@@H]6CC(C)(C)CC[C@]6(C(=O)O)CC[C@]45C)[C@]3(C)CO)O[C@H](CO)[C@@H](O)[C@@H]2O[C@@H]2O[C@H](CO)[C@H](O)[C@H](O)[C@H]2O)[C@H](O)[C@H](O)[C@H]1O. The van der Waals surface area contributed by atoms with Crippen LogP contribution in [0.3, 0.4) is 0 Å². The molecule has 24 atom stereocenters. The molecule has 0 aromatic heterocycles. The first kappa shape index (κ1) is 50.9. The predicted molar refractivity (Wildman–Crippen MR) is 231 cm³/mol. The van der Waals surface area contributed by atoms with Gasteiger partial charge in [-0.15, -0.1) is 0 Å². The van der Waals surface area contributed by atoms with Crippen molar-refractivity contribution in [2.24, 2.45) is 50.2 Å². The molecular formula is C48H78O18. The van der Waals surface area contributed by atoms with Gasteiger partial charge < -0.3 is 84.6 Å². The van der Waals surface area contributed by atoms with Crippen LogP contribution in [0.15, 0.2) is 11.6 Å². The van der Waals surface area contributed by atoms with E-state index >= 15 is 0 Å². The molecule has 0 spiro atoms. The van der Waals surface area contributed by atoms with Crippen LogP contribution in [0.5, 0.6) is 0 Å². The quantitative estimate of drug-likeness (QED) is 0.106. The van der Waals surface area contributed by atoms with Crippen molar-refractivity contribution in [3.05, 3.63) is 11.6 Å². The zero-order valence-corrected chi connectivity index (χ0v) is 39.5. The number of carboxylic acids is 1. The average molecular weight is 943 g/mol. The lowest BCUT2D eigenvalue weighted by Gasteiger charge is -2.71. The molecule has 0 radical (unpaired) electrons. The second-order valence-corrected chi connectivity index (χ2v) is 23.3. The van der Waals surface area contributed by atoms with E-state index in [1.54, 1.807) is 0 Å². The molecule has 18 nitrogen and oxygen atoms in total. The number of carbonyl (C=O) groups is 1. The molecule has 0 amide bonds. The Kier molecular flexibility index (Phi) is 13.9. The molecule has 3 saturated heterocycles. The lowest BCUT2D eigenvalue weighted by atomic mass is 9.33. The number of hydrogen-bond donors (Lipinski definition) is 11. The summed E-state index contributed by atoms with van der Waals surface area (Å²) in [6.07, 6.45) is -15.3. The maximum absolute atomic E-state index is 13.2. The molecule has 0 aromatic carbocycles. The van der Waals surface area contributed by atoms with E-state index in [-0.39, 0.29) is 46.0 Å². The fourth-order valence-corrected chi connectivity index (χ4v) is 15.1. The van der Waals surface area contributed by atoms with Gasteiger partial charge in [0.05, 0.1) is 37.4 Å². The maximum atomic E-state index is 13.2. The van der Waals surface area contributed by atoms with Crippen molar-refractivity contribution in [3.63, 3.8) is 0 Å². The zero-order chi connectivity index (χ0) is 48.3. The molecule has 66 heavy (non-hydrogen) atoms. The summed E-state index contributed by atoms with van der Waals surface area (Å²) in [7, 11) is 0. The molecule has 0 aromatic rings. The third-order valence-corrected chi connectivity index (χ3v) is 19.5. The average Bonchev–Trinajstić information content (AvgIpc) is 3.27. The number of rotatable bonds is 10. The van der Waals surface area contributed by atoms with Crippen molar-refractivity contribution in [2.75, 3.05) is 19.8 Å². The number of ether oxygens (including phenoxy) is 6. The molecule has 18 heteroatoms. The van der Waals surface area contributed by atoms with E-state index in [2.05, 4.69) is 40.7 Å². The van der Waals surface area contributed by atoms with Crippen molar-refractivity contribution < 1.29 is 89.4 Å². The number of allylic oxidation sites excluding steroid dienone is 2. The molecule has 3 aliphatic heterocycles. The Bertz CT molecular complexity index is 1800. The highest BCUT2D eigenvalue weighted by Crippen LogP contribution is 2.76. The van der Waals surface area contributed by atoms with Gasteiger partial charge in [-0.25, -0.2) is 0 Å². The molecule has 0 unspecified atom stereocenters. The Morgan fingerprint density at radius 2 is 1.24 bits per heavy atom. The van der Waals surface area contributed by atoms with Gasteiger partial charge in [-0.05, 0) is 111 Å². The number of aliphatic carboxylic acids is 1. The van der Waals surface area contributed by atoms with E-state index in [0.29, 0.717) is 25.7 Å². The van der Waals surface area contributed by atoms with E-state index in [0.717, 1.165) is 38.5 Å². The van der Waals surface area contributed by atoms with Crippen LogP contribution < -0.4 is 0 Å². The maximum Gasteiger partial charge on any atom is 0.310 e. The van der Waals surface area contributed by atoms with Crippen LogP contribution in [-0.4, -0.2) is 180 Å². The number of fused-ring (bicyclic) bond motifs is 7. The van der Waals surface area contributed by atoms with Gasteiger partial charge in [-0.1, -0.05) is 53.2 Å². The summed E-state index contributed by atoms with van der Waals surface area (Å²) < 4.78 is 37.1. The first-order valence-corrected chi connectivity index (χ1v) is 24.3. The Labute approximate surface area is 387 Å². The minimum Gasteiger partial charge on any atom is -0.481 e. The van der Waals surface area contributed by atoms with Crippen molar-refractivity contribution in [1.82, 2.24) is 0 Å². The highest BCUT2D eigenvalue weighted by Gasteiger charge is 2.70. The van der Waals surface area contributed by atoms with E-state index in [9.17, 15) is 61.0 Å². The minimum absolute atomic E-state index is 0.0320. The summed E-state index contributed by atoms with van der Waals surface area (Å²) >= 11 is 0. The van der Waals surface area contributed by atoms with Crippen LogP contribution in [0.1, 0.15) is 113 Å². The van der Waals surface area contributed by atoms with Crippen molar-refractivity contribution in [2.45, 2.75) is 211 Å². The molecule has 3 heterocycles. The second-order valence-electron chi connectivity index (χ2n) is 23.3. The first-order chi connectivity index (χ1) is 30.9. The molecule has 5 aliphatic carbocycles. The van der Waals surface area contributed by atoms with Gasteiger partial charge in [0.15, 0.2) is 18.9 Å². The lowest BCUT2D eigenvalue weighted by molar-refractivity contribution is -0.399. The minimum atomic E-state index is -1.90. The van der Waals surface area contributed by atoms with Gasteiger partial charge >= 0.3 is 5.97 Å². The van der Waals surface area contributed by atoms with Gasteiger partial charge in [0.25, 0.3) is 0 Å². The third-order valence-electron chi connectivity index (χ3n) is 19.5. The topological polar surface area (TPSA) is 295 Å². The number of aliphatic hydroxyl groups is 10. The molecule has 4 saturated carbocycles. The molecule has 7 fully saturated rings. The van der Waals surface area contributed by atoms with Gasteiger partial charge in [0.2, 0.25) is 0 Å². The van der Waals surface area contributed by atoms with Gasteiger partial charge in [0.1, 0.15) is 67.1 Å². The summed E-state index contributed by atoms with van der Waals surface area (Å²) in [5.74, 6) is -0.602. The number of hydrogen-bond acceptors (Lipinski definition) is 17. The second kappa shape index (κ2) is 18.0. The van der Waals surface area contributed by atoms with Crippen molar-refractivity contribution in [3.8, 4) is 0 Å². The van der Waals surface area contributed by atoms with Gasteiger partial charge in [0, 0.05) is 5.41 Å². The summed E-state index contributed by atoms with van der Waals surface area (Å²) in [6.45, 7) is 13.3. The standard InChI is InChI=1S/C48H78O18/c1-22-30(52)33(55)35(57)39(61-22)66-38-37(65-40-36(58)34(56)31(53)25(19-49)62-40)32(54)26(20-50)63-41(38)64-29-11-12-44(4)27(45(29,5)21-51)10-13-47(7)28(44)9-8-23-24-18-43(2,3)14-16-48(24,42(59)60)17-15-46(23,47)6/h8,22,24-41,49-58H,9-21H2,1-7H3,(H,59,60)/t22-,24-,25+,26+,27+,28+,29-,30-,31-,32+,33+,34-,35+,36+,37-,38+,39-,40-,41-,44-,45-,46+,47+,48-/m0/s1. The Hall–Kier alpha value is -1.43. The lowest BCUT2D eigenvalue weighted by Crippen LogP contribution is -2.68. The fourth-order valence-electron chi connectivity index (χ4n) is 15.1. The highest BCUT2D eigenvalue weighted by atomic mass is 16.8. The van der Waals surface area contributed by atoms with E-state index < -0.39 is 128 Å². The van der Waals surface area contributed by atoms with Gasteiger partial charge in [-0.3, -0.25) is 4.79 Å². The molecule has 8 aliphatic rings. The summed E-state index contributed by atoms with van der Waals surface area (Å²) in [5.41, 5.74) is -1.01. The molecule has 8 rings (SSSR count). The van der Waals surface area contributed by atoms with Crippen LogP contribution in [0, 0.1) is 50.2 Å². The van der Waals surface area contributed by atoms with E-state index in [1.165, 1.54) is 12.5 Å².